The standard InChI is InChI=1S/C14H14ClN3S/c15-12-6-11(5-4-9(12)7-16)17-14-18-13-3-1-2-10(13)8-19-14/h4-6,10,13H,1-3,8H2,(H,17,18). The van der Waals surface area contributed by atoms with Crippen LogP contribution in [-0.4, -0.2) is 17.0 Å². The van der Waals surface area contributed by atoms with Gasteiger partial charge < -0.3 is 5.32 Å². The summed E-state index contributed by atoms with van der Waals surface area (Å²) in [5.41, 5.74) is 1.40. The number of benzene rings is 1. The minimum Gasteiger partial charge on any atom is -0.335 e. The molecule has 0 radical (unpaired) electrons. The molecule has 1 fully saturated rings. The van der Waals surface area contributed by atoms with E-state index in [9.17, 15) is 0 Å². The first-order valence-corrected chi connectivity index (χ1v) is 7.80. The molecule has 1 aromatic carbocycles. The number of nitrogens with one attached hydrogen (secondary N) is 1. The Kier molecular flexibility index (Phi) is 3.67. The molecule has 3 rings (SSSR count). The van der Waals surface area contributed by atoms with E-state index in [2.05, 4.69) is 11.4 Å². The van der Waals surface area contributed by atoms with Crippen molar-refractivity contribution in [1.82, 2.24) is 0 Å². The van der Waals surface area contributed by atoms with E-state index in [1.54, 1.807) is 23.9 Å². The van der Waals surface area contributed by atoms with Gasteiger partial charge in [0.15, 0.2) is 5.17 Å². The summed E-state index contributed by atoms with van der Waals surface area (Å²) in [6, 6.07) is 7.94. The van der Waals surface area contributed by atoms with Crippen molar-refractivity contribution < 1.29 is 0 Å². The molecule has 1 aliphatic heterocycles. The lowest BCUT2D eigenvalue weighted by atomic mass is 10.1. The molecule has 3 nitrogen and oxygen atoms in total. The lowest BCUT2D eigenvalue weighted by molar-refractivity contribution is 0.535. The van der Waals surface area contributed by atoms with Crippen LogP contribution < -0.4 is 5.32 Å². The molecule has 0 spiro atoms. The maximum Gasteiger partial charge on any atom is 0.161 e. The van der Waals surface area contributed by atoms with Gasteiger partial charge in [0.25, 0.3) is 0 Å². The minimum atomic E-state index is 0.479. The third-order valence-corrected chi connectivity index (χ3v) is 5.07. The largest absolute Gasteiger partial charge is 0.335 e. The van der Waals surface area contributed by atoms with Gasteiger partial charge >= 0.3 is 0 Å². The maximum atomic E-state index is 8.85. The minimum absolute atomic E-state index is 0.479. The van der Waals surface area contributed by atoms with E-state index in [-0.39, 0.29) is 0 Å². The van der Waals surface area contributed by atoms with E-state index >= 15 is 0 Å². The van der Waals surface area contributed by atoms with Gasteiger partial charge in [-0.3, -0.25) is 4.99 Å². The molecule has 0 bridgehead atoms. The van der Waals surface area contributed by atoms with Crippen LogP contribution in [0.3, 0.4) is 0 Å². The fourth-order valence-corrected chi connectivity index (χ4v) is 4.01. The molecule has 1 heterocycles. The summed E-state index contributed by atoms with van der Waals surface area (Å²) in [5, 5.41) is 13.6. The molecule has 2 unspecified atom stereocenters. The second kappa shape index (κ2) is 5.44. The number of hydrogen-bond acceptors (Lipinski definition) is 4. The molecule has 98 valence electrons. The zero-order valence-corrected chi connectivity index (χ0v) is 12.0. The van der Waals surface area contributed by atoms with Gasteiger partial charge in [-0.05, 0) is 37.0 Å². The van der Waals surface area contributed by atoms with Crippen LogP contribution in [0, 0.1) is 17.2 Å². The van der Waals surface area contributed by atoms with Crippen molar-refractivity contribution in [2.75, 3.05) is 11.1 Å². The van der Waals surface area contributed by atoms with Crippen molar-refractivity contribution in [3.63, 3.8) is 0 Å². The van der Waals surface area contributed by atoms with Crippen LogP contribution in [0.25, 0.3) is 0 Å². The van der Waals surface area contributed by atoms with Crippen LogP contribution in [0.4, 0.5) is 5.69 Å². The van der Waals surface area contributed by atoms with E-state index in [4.69, 9.17) is 21.9 Å². The number of rotatable bonds is 1. The van der Waals surface area contributed by atoms with E-state index in [1.807, 2.05) is 6.07 Å². The Bertz CT molecular complexity index is 564. The molecule has 5 heteroatoms. The Hall–Kier alpha value is -1.18. The highest BCUT2D eigenvalue weighted by atomic mass is 35.5. The van der Waals surface area contributed by atoms with Crippen molar-refractivity contribution in [2.24, 2.45) is 10.9 Å². The number of nitrogens with zero attached hydrogens (tertiary/aromatic N) is 2. The topological polar surface area (TPSA) is 48.2 Å². The number of thioether (sulfide) groups is 1. The van der Waals surface area contributed by atoms with Crippen molar-refractivity contribution in [1.29, 1.82) is 5.26 Å². The van der Waals surface area contributed by atoms with Crippen LogP contribution in [-0.2, 0) is 0 Å². The van der Waals surface area contributed by atoms with Crippen molar-refractivity contribution >= 4 is 34.2 Å². The SMILES string of the molecule is N#Cc1ccc(NC2=NC3CCCC3CS2)cc1Cl. The molecule has 0 aromatic heterocycles. The second-order valence-corrected chi connectivity index (χ2v) is 6.35. The zero-order chi connectivity index (χ0) is 13.2. The van der Waals surface area contributed by atoms with E-state index in [0.29, 0.717) is 16.6 Å². The Balaban J connectivity index is 1.75. The van der Waals surface area contributed by atoms with Gasteiger partial charge in [-0.1, -0.05) is 29.8 Å². The smallest absolute Gasteiger partial charge is 0.161 e. The number of amidine groups is 1. The van der Waals surface area contributed by atoms with Crippen LogP contribution in [0.1, 0.15) is 24.8 Å². The molecule has 0 amide bonds. The van der Waals surface area contributed by atoms with Crippen LogP contribution in [0.5, 0.6) is 0 Å². The Morgan fingerprint density at radius 1 is 1.42 bits per heavy atom. The Morgan fingerprint density at radius 3 is 3.11 bits per heavy atom. The van der Waals surface area contributed by atoms with Crippen molar-refractivity contribution in [2.45, 2.75) is 25.3 Å². The van der Waals surface area contributed by atoms with Gasteiger partial charge in [0.2, 0.25) is 0 Å². The van der Waals surface area contributed by atoms with E-state index in [1.165, 1.54) is 19.3 Å². The first-order valence-electron chi connectivity index (χ1n) is 6.43. The normalized spacial score (nSPS) is 25.4. The highest BCUT2D eigenvalue weighted by molar-refractivity contribution is 8.14. The number of halogens is 1. The summed E-state index contributed by atoms with van der Waals surface area (Å²) in [6.45, 7) is 0. The van der Waals surface area contributed by atoms with Gasteiger partial charge in [-0.15, -0.1) is 0 Å². The maximum absolute atomic E-state index is 8.85. The highest BCUT2D eigenvalue weighted by Crippen LogP contribution is 2.35. The number of aliphatic imine (C=N–C) groups is 1. The lowest BCUT2D eigenvalue weighted by Crippen LogP contribution is -2.25. The first kappa shape index (κ1) is 12.8. The Morgan fingerprint density at radius 2 is 2.32 bits per heavy atom. The monoisotopic (exact) mass is 291 g/mol. The molecule has 2 aliphatic rings. The summed E-state index contributed by atoms with van der Waals surface area (Å²) in [5.74, 6) is 1.92. The fraction of sp³-hybridized carbons (Fsp3) is 0.429. The zero-order valence-electron chi connectivity index (χ0n) is 10.4. The van der Waals surface area contributed by atoms with Crippen LogP contribution in [0.2, 0.25) is 5.02 Å². The highest BCUT2D eigenvalue weighted by Gasteiger charge is 2.30. The summed E-state index contributed by atoms with van der Waals surface area (Å²) in [7, 11) is 0. The third kappa shape index (κ3) is 2.72. The number of hydrogen-bond donors (Lipinski definition) is 1. The summed E-state index contributed by atoms with van der Waals surface area (Å²) in [4.78, 5) is 4.77. The molecule has 2 atom stereocenters. The summed E-state index contributed by atoms with van der Waals surface area (Å²) >= 11 is 7.81. The molecule has 1 aliphatic carbocycles. The van der Waals surface area contributed by atoms with E-state index < -0.39 is 0 Å². The van der Waals surface area contributed by atoms with Gasteiger partial charge in [-0.25, -0.2) is 0 Å². The lowest BCUT2D eigenvalue weighted by Gasteiger charge is -2.23. The Labute approximate surface area is 122 Å². The average Bonchev–Trinajstić information content (AvgIpc) is 2.86. The van der Waals surface area contributed by atoms with Crippen molar-refractivity contribution in [3.8, 4) is 6.07 Å². The summed E-state index contributed by atoms with van der Waals surface area (Å²) in [6.07, 6.45) is 3.83. The first-order chi connectivity index (χ1) is 9.26. The van der Waals surface area contributed by atoms with Gasteiger partial charge in [0, 0.05) is 11.4 Å². The van der Waals surface area contributed by atoms with E-state index in [0.717, 1.165) is 22.5 Å². The number of anilines is 1. The third-order valence-electron chi connectivity index (χ3n) is 3.68. The quantitative estimate of drug-likeness (QED) is 0.854. The predicted octanol–water partition coefficient (Wildman–Crippen LogP) is 3.90. The predicted molar refractivity (Wildman–Crippen MR) is 80.8 cm³/mol. The summed E-state index contributed by atoms with van der Waals surface area (Å²) < 4.78 is 0. The van der Waals surface area contributed by atoms with Crippen LogP contribution >= 0.6 is 23.4 Å². The van der Waals surface area contributed by atoms with Crippen LogP contribution in [0.15, 0.2) is 23.2 Å². The molecular weight excluding hydrogens is 278 g/mol. The second-order valence-electron chi connectivity index (χ2n) is 4.94. The average molecular weight is 292 g/mol. The molecule has 19 heavy (non-hydrogen) atoms. The number of nitriles is 1. The molecule has 1 N–H and O–H groups in total. The molecular formula is C14H14ClN3S. The van der Waals surface area contributed by atoms with Gasteiger partial charge in [0.1, 0.15) is 6.07 Å². The van der Waals surface area contributed by atoms with Gasteiger partial charge in [-0.2, -0.15) is 5.26 Å². The molecule has 0 saturated heterocycles. The molecule has 1 saturated carbocycles. The van der Waals surface area contributed by atoms with Crippen molar-refractivity contribution in [3.05, 3.63) is 28.8 Å². The number of fused-ring (bicyclic) bond motifs is 1. The fourth-order valence-electron chi connectivity index (χ4n) is 2.63. The molecule has 1 aromatic rings. The van der Waals surface area contributed by atoms with Gasteiger partial charge in [0.05, 0.1) is 16.6 Å².